The zero-order chi connectivity index (χ0) is 13.0. The third kappa shape index (κ3) is 3.30. The third-order valence-electron chi connectivity index (χ3n) is 2.01. The quantitative estimate of drug-likeness (QED) is 0.910. The standard InChI is InChI=1S/C11H9BrFN3O2/c12-8-5-7(13)1-2-9(8)18-6-10(17)16-11-14-3-4-15-11/h1-5H,6H2,(H2,14,15,16,17). The van der Waals surface area contributed by atoms with Crippen molar-refractivity contribution in [2.45, 2.75) is 0 Å². The van der Waals surface area contributed by atoms with Gasteiger partial charge in [-0.1, -0.05) is 0 Å². The van der Waals surface area contributed by atoms with Gasteiger partial charge in [0.15, 0.2) is 6.61 Å². The number of H-pyrrole nitrogens is 1. The van der Waals surface area contributed by atoms with Crippen molar-refractivity contribution < 1.29 is 13.9 Å². The van der Waals surface area contributed by atoms with E-state index in [0.717, 1.165) is 0 Å². The summed E-state index contributed by atoms with van der Waals surface area (Å²) in [5, 5.41) is 2.50. The zero-order valence-electron chi connectivity index (χ0n) is 9.11. The highest BCUT2D eigenvalue weighted by atomic mass is 79.9. The second kappa shape index (κ2) is 5.63. The minimum absolute atomic E-state index is 0.190. The van der Waals surface area contributed by atoms with Crippen LogP contribution < -0.4 is 10.1 Å². The Balaban J connectivity index is 1.89. The molecule has 0 atom stereocenters. The smallest absolute Gasteiger partial charge is 0.264 e. The van der Waals surface area contributed by atoms with Gasteiger partial charge in [0, 0.05) is 12.4 Å². The molecule has 0 saturated heterocycles. The number of anilines is 1. The molecular formula is C11H9BrFN3O2. The average molecular weight is 314 g/mol. The molecule has 1 amide bonds. The number of carbonyl (C=O) groups excluding carboxylic acids is 1. The van der Waals surface area contributed by atoms with E-state index in [1.807, 2.05) is 0 Å². The van der Waals surface area contributed by atoms with Gasteiger partial charge in [-0.3, -0.25) is 10.1 Å². The molecule has 1 aromatic carbocycles. The van der Waals surface area contributed by atoms with Crippen molar-refractivity contribution in [3.63, 3.8) is 0 Å². The highest BCUT2D eigenvalue weighted by molar-refractivity contribution is 9.10. The first-order valence-electron chi connectivity index (χ1n) is 5.02. The van der Waals surface area contributed by atoms with Gasteiger partial charge in [-0.2, -0.15) is 0 Å². The predicted octanol–water partition coefficient (Wildman–Crippen LogP) is 2.33. The summed E-state index contributed by atoms with van der Waals surface area (Å²) in [4.78, 5) is 18.0. The zero-order valence-corrected chi connectivity index (χ0v) is 10.7. The Labute approximate surface area is 111 Å². The molecule has 94 valence electrons. The molecule has 2 N–H and O–H groups in total. The highest BCUT2D eigenvalue weighted by Gasteiger charge is 2.07. The van der Waals surface area contributed by atoms with Crippen LogP contribution in [-0.2, 0) is 4.79 Å². The molecule has 0 bridgehead atoms. The summed E-state index contributed by atoms with van der Waals surface area (Å²) in [7, 11) is 0. The van der Waals surface area contributed by atoms with Crippen LogP contribution >= 0.6 is 15.9 Å². The van der Waals surface area contributed by atoms with Gasteiger partial charge in [-0.15, -0.1) is 0 Å². The number of rotatable bonds is 4. The van der Waals surface area contributed by atoms with Crippen LogP contribution in [0.2, 0.25) is 0 Å². The van der Waals surface area contributed by atoms with Gasteiger partial charge >= 0.3 is 0 Å². The summed E-state index contributed by atoms with van der Waals surface area (Å²) >= 11 is 3.14. The largest absolute Gasteiger partial charge is 0.483 e. The molecule has 1 aromatic heterocycles. The number of amides is 1. The molecule has 0 saturated carbocycles. The monoisotopic (exact) mass is 313 g/mol. The molecule has 7 heteroatoms. The molecule has 0 aliphatic heterocycles. The van der Waals surface area contributed by atoms with E-state index in [-0.39, 0.29) is 18.3 Å². The minimum atomic E-state index is -0.380. The Hall–Kier alpha value is -1.89. The number of carbonyl (C=O) groups is 1. The van der Waals surface area contributed by atoms with E-state index in [1.165, 1.54) is 24.4 Å². The van der Waals surface area contributed by atoms with Crippen LogP contribution in [0.4, 0.5) is 10.3 Å². The molecule has 0 aliphatic rings. The molecule has 0 aliphatic carbocycles. The van der Waals surface area contributed by atoms with Crippen LogP contribution in [0.25, 0.3) is 0 Å². The van der Waals surface area contributed by atoms with Gasteiger partial charge in [0.2, 0.25) is 5.95 Å². The maximum Gasteiger partial charge on any atom is 0.264 e. The fourth-order valence-electron chi connectivity index (χ4n) is 1.24. The number of aromatic amines is 1. The number of nitrogens with zero attached hydrogens (tertiary/aromatic N) is 1. The highest BCUT2D eigenvalue weighted by Crippen LogP contribution is 2.25. The van der Waals surface area contributed by atoms with Crippen LogP contribution in [0.1, 0.15) is 0 Å². The molecule has 1 heterocycles. The summed E-state index contributed by atoms with van der Waals surface area (Å²) in [6, 6.07) is 3.96. The molecule has 0 spiro atoms. The normalized spacial score (nSPS) is 10.1. The minimum Gasteiger partial charge on any atom is -0.483 e. The van der Waals surface area contributed by atoms with Crippen molar-refractivity contribution >= 4 is 27.8 Å². The van der Waals surface area contributed by atoms with E-state index in [1.54, 1.807) is 6.20 Å². The average Bonchev–Trinajstić information content (AvgIpc) is 2.80. The van der Waals surface area contributed by atoms with E-state index in [2.05, 4.69) is 31.2 Å². The number of ether oxygens (including phenoxy) is 1. The first-order valence-corrected chi connectivity index (χ1v) is 5.81. The first-order chi connectivity index (χ1) is 8.65. The first kappa shape index (κ1) is 12.6. The van der Waals surface area contributed by atoms with Crippen molar-refractivity contribution in [3.8, 4) is 5.75 Å². The van der Waals surface area contributed by atoms with E-state index < -0.39 is 0 Å². The van der Waals surface area contributed by atoms with Gasteiger partial charge in [0.1, 0.15) is 11.6 Å². The van der Waals surface area contributed by atoms with Crippen LogP contribution in [0.15, 0.2) is 35.1 Å². The molecule has 0 unspecified atom stereocenters. The summed E-state index contributed by atoms with van der Waals surface area (Å²) in [5.41, 5.74) is 0. The lowest BCUT2D eigenvalue weighted by molar-refractivity contribution is -0.118. The number of hydrogen-bond acceptors (Lipinski definition) is 3. The molecule has 0 fully saturated rings. The Kier molecular flexibility index (Phi) is 3.93. The predicted molar refractivity (Wildman–Crippen MR) is 66.8 cm³/mol. The number of hydrogen-bond donors (Lipinski definition) is 2. The van der Waals surface area contributed by atoms with Crippen molar-refractivity contribution in [2.24, 2.45) is 0 Å². The Morgan fingerprint density at radius 2 is 2.39 bits per heavy atom. The fraction of sp³-hybridized carbons (Fsp3) is 0.0909. The maximum absolute atomic E-state index is 12.8. The third-order valence-corrected chi connectivity index (χ3v) is 2.63. The number of aromatic nitrogens is 2. The second-order valence-electron chi connectivity index (χ2n) is 3.35. The molecule has 5 nitrogen and oxygen atoms in total. The van der Waals surface area contributed by atoms with E-state index >= 15 is 0 Å². The summed E-state index contributed by atoms with van der Waals surface area (Å²) in [6.45, 7) is -0.190. The van der Waals surface area contributed by atoms with Gasteiger partial charge in [0.25, 0.3) is 5.91 Å². The van der Waals surface area contributed by atoms with Crippen LogP contribution in [-0.4, -0.2) is 22.5 Å². The SMILES string of the molecule is O=C(COc1ccc(F)cc1Br)Nc1ncc[nH]1. The molecule has 2 aromatic rings. The molecule has 2 rings (SSSR count). The van der Waals surface area contributed by atoms with E-state index in [0.29, 0.717) is 16.2 Å². The van der Waals surface area contributed by atoms with E-state index in [9.17, 15) is 9.18 Å². The van der Waals surface area contributed by atoms with Crippen LogP contribution in [0.3, 0.4) is 0 Å². The van der Waals surface area contributed by atoms with Gasteiger partial charge in [0.05, 0.1) is 4.47 Å². The van der Waals surface area contributed by atoms with Crippen molar-refractivity contribution in [1.29, 1.82) is 0 Å². The summed E-state index contributed by atoms with van der Waals surface area (Å²) in [6.07, 6.45) is 3.11. The van der Waals surface area contributed by atoms with Crippen molar-refractivity contribution in [1.82, 2.24) is 9.97 Å². The number of nitrogens with one attached hydrogen (secondary N) is 2. The maximum atomic E-state index is 12.8. The van der Waals surface area contributed by atoms with E-state index in [4.69, 9.17) is 4.74 Å². The second-order valence-corrected chi connectivity index (χ2v) is 4.20. The molecular weight excluding hydrogens is 305 g/mol. The van der Waals surface area contributed by atoms with Gasteiger partial charge < -0.3 is 9.72 Å². The molecule has 18 heavy (non-hydrogen) atoms. The lowest BCUT2D eigenvalue weighted by Gasteiger charge is -2.07. The fourth-order valence-corrected chi connectivity index (χ4v) is 1.70. The molecule has 0 radical (unpaired) electrons. The lowest BCUT2D eigenvalue weighted by atomic mass is 10.3. The Morgan fingerprint density at radius 3 is 3.06 bits per heavy atom. The van der Waals surface area contributed by atoms with Crippen LogP contribution in [0.5, 0.6) is 5.75 Å². The number of benzene rings is 1. The number of halogens is 2. The van der Waals surface area contributed by atoms with Gasteiger partial charge in [-0.05, 0) is 34.1 Å². The van der Waals surface area contributed by atoms with Crippen molar-refractivity contribution in [2.75, 3.05) is 11.9 Å². The number of imidazole rings is 1. The Morgan fingerprint density at radius 1 is 1.56 bits per heavy atom. The van der Waals surface area contributed by atoms with Crippen LogP contribution in [0, 0.1) is 5.82 Å². The summed E-state index contributed by atoms with van der Waals surface area (Å²) < 4.78 is 18.5. The Bertz CT molecular complexity index is 545. The summed E-state index contributed by atoms with van der Waals surface area (Å²) in [5.74, 6) is 0.00297. The van der Waals surface area contributed by atoms with Crippen molar-refractivity contribution in [3.05, 3.63) is 40.9 Å². The lowest BCUT2D eigenvalue weighted by Crippen LogP contribution is -2.20. The van der Waals surface area contributed by atoms with Gasteiger partial charge in [-0.25, -0.2) is 9.37 Å². The topological polar surface area (TPSA) is 67.0 Å².